The molecular formula is C21H41N5O3. The van der Waals surface area contributed by atoms with Gasteiger partial charge in [-0.15, -0.1) is 0 Å². The summed E-state index contributed by atoms with van der Waals surface area (Å²) in [4.78, 5) is 35.0. The summed E-state index contributed by atoms with van der Waals surface area (Å²) in [5.74, 6) is 1.11. The van der Waals surface area contributed by atoms with Crippen LogP contribution in [0.3, 0.4) is 0 Å². The Morgan fingerprint density at radius 1 is 1.21 bits per heavy atom. The van der Waals surface area contributed by atoms with Crippen LogP contribution < -0.4 is 5.32 Å². The number of nitrogens with zero attached hydrogens (tertiary/aromatic N) is 4. The summed E-state index contributed by atoms with van der Waals surface area (Å²) in [6.45, 7) is 16.1. The molecule has 8 nitrogen and oxygen atoms in total. The van der Waals surface area contributed by atoms with Gasteiger partial charge >= 0.3 is 6.09 Å². The maximum atomic E-state index is 12.4. The second-order valence-corrected chi connectivity index (χ2v) is 8.55. The minimum Gasteiger partial charge on any atom is -0.444 e. The maximum absolute atomic E-state index is 12.4. The fourth-order valence-corrected chi connectivity index (χ4v) is 3.35. The zero-order valence-corrected chi connectivity index (χ0v) is 19.5. The molecule has 1 aliphatic heterocycles. The molecule has 0 spiro atoms. The number of guanidine groups is 1. The van der Waals surface area contributed by atoms with E-state index in [4.69, 9.17) is 9.73 Å². The average molecular weight is 412 g/mol. The number of piperidine rings is 1. The van der Waals surface area contributed by atoms with Gasteiger partial charge in [-0.2, -0.15) is 0 Å². The molecule has 1 unspecified atom stereocenters. The van der Waals surface area contributed by atoms with Crippen LogP contribution in [0.25, 0.3) is 0 Å². The quantitative estimate of drug-likeness (QED) is 0.514. The molecule has 1 aliphatic rings. The first-order valence-electron chi connectivity index (χ1n) is 10.9. The third-order valence-electron chi connectivity index (χ3n) is 4.85. The van der Waals surface area contributed by atoms with Crippen molar-refractivity contribution in [3.8, 4) is 0 Å². The minimum atomic E-state index is -0.486. The van der Waals surface area contributed by atoms with Crippen LogP contribution in [0.5, 0.6) is 0 Å². The normalized spacial score (nSPS) is 17.7. The molecule has 0 aromatic rings. The van der Waals surface area contributed by atoms with E-state index in [2.05, 4.69) is 5.32 Å². The van der Waals surface area contributed by atoms with E-state index in [0.29, 0.717) is 32.7 Å². The minimum absolute atomic E-state index is 0.0943. The Balaban J connectivity index is 2.69. The highest BCUT2D eigenvalue weighted by Crippen LogP contribution is 2.19. The standard InChI is InChI=1S/C21H41N5O3/c1-8-22-19(24(7)16-18(27)25(9-2)10-3)23-14-17-12-11-13-26(15-17)20(28)29-21(4,5)6/h17H,8-16H2,1-7H3,(H,22,23). The predicted molar refractivity (Wildman–Crippen MR) is 117 cm³/mol. The Kier molecular flexibility index (Phi) is 10.3. The lowest BCUT2D eigenvalue weighted by molar-refractivity contribution is -0.131. The third kappa shape index (κ3) is 8.92. The molecule has 1 atom stereocenters. The van der Waals surface area contributed by atoms with E-state index >= 15 is 0 Å². The van der Waals surface area contributed by atoms with Crippen LogP contribution in [0.2, 0.25) is 0 Å². The highest BCUT2D eigenvalue weighted by molar-refractivity contribution is 5.86. The van der Waals surface area contributed by atoms with Crippen molar-refractivity contribution in [1.29, 1.82) is 0 Å². The van der Waals surface area contributed by atoms with Crippen LogP contribution in [0.15, 0.2) is 4.99 Å². The second-order valence-electron chi connectivity index (χ2n) is 8.55. The van der Waals surface area contributed by atoms with Gasteiger partial charge < -0.3 is 24.8 Å². The van der Waals surface area contributed by atoms with E-state index in [9.17, 15) is 9.59 Å². The van der Waals surface area contributed by atoms with Crippen molar-refractivity contribution in [3.05, 3.63) is 0 Å². The van der Waals surface area contributed by atoms with Gasteiger partial charge in [0, 0.05) is 46.3 Å². The molecule has 0 aliphatic carbocycles. The molecule has 1 fully saturated rings. The van der Waals surface area contributed by atoms with Gasteiger partial charge in [0.1, 0.15) is 5.60 Å². The smallest absolute Gasteiger partial charge is 0.410 e. The lowest BCUT2D eigenvalue weighted by Gasteiger charge is -2.34. The molecular weight excluding hydrogens is 370 g/mol. The molecule has 0 aromatic carbocycles. The van der Waals surface area contributed by atoms with Crippen molar-refractivity contribution in [3.63, 3.8) is 0 Å². The monoisotopic (exact) mass is 411 g/mol. The van der Waals surface area contributed by atoms with Gasteiger partial charge in [0.15, 0.2) is 5.96 Å². The number of ether oxygens (including phenoxy) is 1. The van der Waals surface area contributed by atoms with Crippen LogP contribution in [0, 0.1) is 5.92 Å². The van der Waals surface area contributed by atoms with Gasteiger partial charge in [-0.25, -0.2) is 4.79 Å². The highest BCUT2D eigenvalue weighted by atomic mass is 16.6. The topological polar surface area (TPSA) is 77.5 Å². The van der Waals surface area contributed by atoms with Crippen LogP contribution in [-0.2, 0) is 9.53 Å². The first-order chi connectivity index (χ1) is 13.6. The van der Waals surface area contributed by atoms with Crippen molar-refractivity contribution in [2.45, 2.75) is 60.0 Å². The van der Waals surface area contributed by atoms with Gasteiger partial charge in [0.2, 0.25) is 5.91 Å². The Morgan fingerprint density at radius 3 is 2.41 bits per heavy atom. The van der Waals surface area contributed by atoms with E-state index in [0.717, 1.165) is 31.9 Å². The van der Waals surface area contributed by atoms with E-state index in [1.54, 1.807) is 4.90 Å². The Morgan fingerprint density at radius 2 is 1.86 bits per heavy atom. The summed E-state index contributed by atoms with van der Waals surface area (Å²) >= 11 is 0. The molecule has 1 rings (SSSR count). The van der Waals surface area contributed by atoms with Gasteiger partial charge in [0.25, 0.3) is 0 Å². The van der Waals surface area contributed by atoms with Crippen molar-refractivity contribution in [1.82, 2.24) is 20.0 Å². The Bertz CT molecular complexity index is 555. The van der Waals surface area contributed by atoms with Gasteiger partial charge in [-0.05, 0) is 60.3 Å². The van der Waals surface area contributed by atoms with Gasteiger partial charge in [-0.3, -0.25) is 9.79 Å². The summed E-state index contributed by atoms with van der Waals surface area (Å²) < 4.78 is 5.50. The van der Waals surface area contributed by atoms with E-state index < -0.39 is 5.60 Å². The molecule has 0 bridgehead atoms. The van der Waals surface area contributed by atoms with E-state index in [1.807, 2.05) is 58.4 Å². The van der Waals surface area contributed by atoms with Crippen molar-refractivity contribution in [2.75, 3.05) is 52.9 Å². The summed E-state index contributed by atoms with van der Waals surface area (Å²) in [7, 11) is 1.89. The van der Waals surface area contributed by atoms with Crippen molar-refractivity contribution in [2.24, 2.45) is 10.9 Å². The molecule has 0 radical (unpaired) electrons. The molecule has 1 N–H and O–H groups in total. The Labute approximate surface area is 176 Å². The number of amides is 2. The third-order valence-corrected chi connectivity index (χ3v) is 4.85. The summed E-state index contributed by atoms with van der Waals surface area (Å²) in [5, 5.41) is 3.27. The highest BCUT2D eigenvalue weighted by Gasteiger charge is 2.27. The maximum Gasteiger partial charge on any atom is 0.410 e. The number of likely N-dealkylation sites (tertiary alicyclic amines) is 1. The number of rotatable bonds is 7. The number of carbonyl (C=O) groups is 2. The number of hydrogen-bond acceptors (Lipinski definition) is 4. The average Bonchev–Trinajstić information content (AvgIpc) is 2.64. The largest absolute Gasteiger partial charge is 0.444 e. The molecule has 29 heavy (non-hydrogen) atoms. The molecule has 168 valence electrons. The zero-order valence-electron chi connectivity index (χ0n) is 19.5. The van der Waals surface area contributed by atoms with E-state index in [1.165, 1.54) is 0 Å². The Hall–Kier alpha value is -1.99. The summed E-state index contributed by atoms with van der Waals surface area (Å²) in [5.41, 5.74) is -0.486. The zero-order chi connectivity index (χ0) is 22.0. The fraction of sp³-hybridized carbons (Fsp3) is 0.857. The summed E-state index contributed by atoms with van der Waals surface area (Å²) in [6, 6.07) is 0. The van der Waals surface area contributed by atoms with Gasteiger partial charge in [-0.1, -0.05) is 0 Å². The molecule has 8 heteroatoms. The van der Waals surface area contributed by atoms with E-state index in [-0.39, 0.29) is 17.9 Å². The number of hydrogen-bond donors (Lipinski definition) is 1. The lowest BCUT2D eigenvalue weighted by Crippen LogP contribution is -2.46. The fourth-order valence-electron chi connectivity index (χ4n) is 3.35. The van der Waals surface area contributed by atoms with Crippen molar-refractivity contribution >= 4 is 18.0 Å². The van der Waals surface area contributed by atoms with Crippen LogP contribution in [0.4, 0.5) is 4.79 Å². The SMILES string of the molecule is CCNC(=NCC1CCCN(C(=O)OC(C)(C)C)C1)N(C)CC(=O)N(CC)CC. The van der Waals surface area contributed by atoms with Gasteiger partial charge in [0.05, 0.1) is 6.54 Å². The summed E-state index contributed by atoms with van der Waals surface area (Å²) in [6.07, 6.45) is 1.73. The predicted octanol–water partition coefficient (Wildman–Crippen LogP) is 2.40. The lowest BCUT2D eigenvalue weighted by atomic mass is 9.98. The molecule has 0 aromatic heterocycles. The number of nitrogens with one attached hydrogen (secondary N) is 1. The molecule has 2 amide bonds. The second kappa shape index (κ2) is 11.9. The van der Waals surface area contributed by atoms with Crippen LogP contribution in [-0.4, -0.2) is 91.1 Å². The van der Waals surface area contributed by atoms with Crippen LogP contribution >= 0.6 is 0 Å². The first kappa shape index (κ1) is 25.0. The molecule has 0 saturated carbocycles. The molecule has 1 saturated heterocycles. The number of likely N-dealkylation sites (N-methyl/N-ethyl adjacent to an activating group) is 2. The number of carbonyl (C=O) groups excluding carboxylic acids is 2. The first-order valence-corrected chi connectivity index (χ1v) is 10.9. The van der Waals surface area contributed by atoms with Crippen LogP contribution in [0.1, 0.15) is 54.4 Å². The molecule has 1 heterocycles. The number of aliphatic imine (C=N–C) groups is 1. The van der Waals surface area contributed by atoms with Crippen molar-refractivity contribution < 1.29 is 14.3 Å².